The van der Waals surface area contributed by atoms with Crippen LogP contribution in [0.3, 0.4) is 0 Å². The fourth-order valence-corrected chi connectivity index (χ4v) is 3.56. The van der Waals surface area contributed by atoms with Gasteiger partial charge in [0, 0.05) is 26.6 Å². The first kappa shape index (κ1) is 25.6. The Morgan fingerprint density at radius 3 is 1.27 bits per heavy atom. The lowest BCUT2D eigenvalue weighted by Crippen LogP contribution is -1.98. The van der Waals surface area contributed by atoms with Crippen molar-refractivity contribution in [1.29, 1.82) is 0 Å². The van der Waals surface area contributed by atoms with Gasteiger partial charge in [-0.15, -0.1) is 0 Å². The molecule has 2 nitrogen and oxygen atoms in total. The van der Waals surface area contributed by atoms with Crippen molar-refractivity contribution in [2.45, 2.75) is 135 Å². The normalized spacial score (nSPS) is 11.2. The number of carbonyl (C=O) groups excluding carboxylic acids is 1. The number of hydrogen-bond acceptors (Lipinski definition) is 2. The van der Waals surface area contributed by atoms with Gasteiger partial charge in [0.1, 0.15) is 5.78 Å². The number of hydrogen-bond donors (Lipinski definition) is 0. The van der Waals surface area contributed by atoms with Gasteiger partial charge >= 0.3 is 0 Å². The molecule has 0 amide bonds. The van der Waals surface area contributed by atoms with Crippen molar-refractivity contribution in [2.24, 2.45) is 0 Å². The molecule has 0 saturated heterocycles. The molecule has 0 spiro atoms. The Labute approximate surface area is 164 Å². The molecule has 0 heterocycles. The zero-order valence-corrected chi connectivity index (χ0v) is 18.2. The third-order valence-electron chi connectivity index (χ3n) is 5.36. The van der Waals surface area contributed by atoms with Crippen molar-refractivity contribution in [3.63, 3.8) is 0 Å². The standard InChI is InChI=1S/C24H48O2/c1-3-4-5-6-7-8-9-10-11-12-13-14-15-16-18-21-24(25)22-19-17-20-23-26-2/h3-23H2,1-2H3. The summed E-state index contributed by atoms with van der Waals surface area (Å²) in [5.41, 5.74) is 0. The van der Waals surface area contributed by atoms with Gasteiger partial charge in [-0.2, -0.15) is 0 Å². The largest absolute Gasteiger partial charge is 0.385 e. The summed E-state index contributed by atoms with van der Waals surface area (Å²) in [7, 11) is 1.74. The minimum Gasteiger partial charge on any atom is -0.385 e. The Bertz CT molecular complexity index is 275. The Balaban J connectivity index is 3.09. The number of carbonyl (C=O) groups is 1. The molecule has 0 saturated carbocycles. The molecule has 0 rings (SSSR count). The molecule has 0 aromatic carbocycles. The van der Waals surface area contributed by atoms with Crippen LogP contribution in [0.15, 0.2) is 0 Å². The summed E-state index contributed by atoms with van der Waals surface area (Å²) < 4.78 is 5.02. The zero-order valence-electron chi connectivity index (χ0n) is 18.2. The van der Waals surface area contributed by atoms with Crippen molar-refractivity contribution in [2.75, 3.05) is 13.7 Å². The summed E-state index contributed by atoms with van der Waals surface area (Å²) >= 11 is 0. The lowest BCUT2D eigenvalue weighted by molar-refractivity contribution is -0.119. The number of unbranched alkanes of at least 4 members (excludes halogenated alkanes) is 16. The molecule has 0 atom stereocenters. The van der Waals surface area contributed by atoms with Crippen LogP contribution in [0.25, 0.3) is 0 Å². The first-order valence-electron chi connectivity index (χ1n) is 11.8. The van der Waals surface area contributed by atoms with Gasteiger partial charge in [0.05, 0.1) is 0 Å². The Morgan fingerprint density at radius 2 is 0.885 bits per heavy atom. The van der Waals surface area contributed by atoms with Gasteiger partial charge in [0.2, 0.25) is 0 Å². The molecule has 0 aliphatic carbocycles. The maximum absolute atomic E-state index is 11.8. The summed E-state index contributed by atoms with van der Waals surface area (Å²) in [5, 5.41) is 0. The highest BCUT2D eigenvalue weighted by Crippen LogP contribution is 2.14. The minimum atomic E-state index is 0.470. The van der Waals surface area contributed by atoms with Crippen LogP contribution in [-0.4, -0.2) is 19.5 Å². The number of methoxy groups -OCH3 is 1. The smallest absolute Gasteiger partial charge is 0.132 e. The van der Waals surface area contributed by atoms with E-state index in [4.69, 9.17) is 4.74 Å². The predicted molar refractivity (Wildman–Crippen MR) is 115 cm³/mol. The van der Waals surface area contributed by atoms with Gasteiger partial charge in [-0.05, 0) is 19.3 Å². The summed E-state index contributed by atoms with van der Waals surface area (Å²) in [4.78, 5) is 11.8. The van der Waals surface area contributed by atoms with E-state index in [0.29, 0.717) is 5.78 Å². The average molecular weight is 369 g/mol. The molecule has 156 valence electrons. The molecule has 0 aromatic heterocycles. The lowest BCUT2D eigenvalue weighted by atomic mass is 10.0. The third kappa shape index (κ3) is 21.7. The molecule has 0 fully saturated rings. The quantitative estimate of drug-likeness (QED) is 0.181. The van der Waals surface area contributed by atoms with E-state index in [0.717, 1.165) is 45.1 Å². The lowest BCUT2D eigenvalue weighted by Gasteiger charge is -2.04. The Morgan fingerprint density at radius 1 is 0.538 bits per heavy atom. The number of rotatable bonds is 22. The third-order valence-corrected chi connectivity index (χ3v) is 5.36. The zero-order chi connectivity index (χ0) is 19.1. The highest BCUT2D eigenvalue weighted by atomic mass is 16.5. The predicted octanol–water partition coefficient (Wildman–Crippen LogP) is 8.02. The van der Waals surface area contributed by atoms with Crippen LogP contribution in [0, 0.1) is 0 Å². The molecule has 0 aliphatic rings. The van der Waals surface area contributed by atoms with Crippen LogP contribution in [-0.2, 0) is 9.53 Å². The van der Waals surface area contributed by atoms with Crippen LogP contribution in [0.1, 0.15) is 135 Å². The highest BCUT2D eigenvalue weighted by Gasteiger charge is 2.02. The average Bonchev–Trinajstić information content (AvgIpc) is 2.64. The summed E-state index contributed by atoms with van der Waals surface area (Å²) in [6.07, 6.45) is 25.5. The second-order valence-corrected chi connectivity index (χ2v) is 8.04. The van der Waals surface area contributed by atoms with E-state index in [2.05, 4.69) is 6.92 Å². The molecule has 2 heteroatoms. The van der Waals surface area contributed by atoms with Crippen LogP contribution in [0.4, 0.5) is 0 Å². The first-order chi connectivity index (χ1) is 12.8. The molecule has 0 radical (unpaired) electrons. The van der Waals surface area contributed by atoms with E-state index in [-0.39, 0.29) is 0 Å². The molecule has 0 bridgehead atoms. The molecular weight excluding hydrogens is 320 g/mol. The minimum absolute atomic E-state index is 0.470. The molecular formula is C24H48O2. The molecule has 0 aliphatic heterocycles. The number of ether oxygens (including phenoxy) is 1. The molecule has 0 unspecified atom stereocenters. The van der Waals surface area contributed by atoms with Crippen molar-refractivity contribution in [3.05, 3.63) is 0 Å². The topological polar surface area (TPSA) is 26.3 Å². The van der Waals surface area contributed by atoms with Gasteiger partial charge in [-0.3, -0.25) is 4.79 Å². The SMILES string of the molecule is CCCCCCCCCCCCCCCCCC(=O)CCCCCOC. The number of ketones is 1. The van der Waals surface area contributed by atoms with E-state index in [9.17, 15) is 4.79 Å². The Hall–Kier alpha value is -0.370. The van der Waals surface area contributed by atoms with Crippen LogP contribution in [0.2, 0.25) is 0 Å². The van der Waals surface area contributed by atoms with Crippen LogP contribution >= 0.6 is 0 Å². The maximum atomic E-state index is 11.8. The van der Waals surface area contributed by atoms with Crippen molar-refractivity contribution < 1.29 is 9.53 Å². The summed E-state index contributed by atoms with van der Waals surface area (Å²) in [6, 6.07) is 0. The van der Waals surface area contributed by atoms with E-state index >= 15 is 0 Å². The van der Waals surface area contributed by atoms with E-state index in [1.807, 2.05) is 0 Å². The summed E-state index contributed by atoms with van der Waals surface area (Å²) in [5.74, 6) is 0.470. The highest BCUT2D eigenvalue weighted by molar-refractivity contribution is 5.78. The molecule has 0 N–H and O–H groups in total. The van der Waals surface area contributed by atoms with E-state index in [1.54, 1.807) is 7.11 Å². The van der Waals surface area contributed by atoms with Gasteiger partial charge in [-0.25, -0.2) is 0 Å². The Kier molecular flexibility index (Phi) is 22.3. The van der Waals surface area contributed by atoms with Gasteiger partial charge in [-0.1, -0.05) is 103 Å². The van der Waals surface area contributed by atoms with Gasteiger partial charge in [0.25, 0.3) is 0 Å². The fraction of sp³-hybridized carbons (Fsp3) is 0.958. The van der Waals surface area contributed by atoms with Crippen LogP contribution in [0.5, 0.6) is 0 Å². The van der Waals surface area contributed by atoms with Crippen molar-refractivity contribution in [3.8, 4) is 0 Å². The summed E-state index contributed by atoms with van der Waals surface area (Å²) in [6.45, 7) is 3.11. The van der Waals surface area contributed by atoms with Crippen molar-refractivity contribution in [1.82, 2.24) is 0 Å². The monoisotopic (exact) mass is 368 g/mol. The fourth-order valence-electron chi connectivity index (χ4n) is 3.56. The molecule has 26 heavy (non-hydrogen) atoms. The maximum Gasteiger partial charge on any atom is 0.132 e. The van der Waals surface area contributed by atoms with Gasteiger partial charge < -0.3 is 4.74 Å². The van der Waals surface area contributed by atoms with Crippen molar-refractivity contribution >= 4 is 5.78 Å². The molecule has 0 aromatic rings. The van der Waals surface area contributed by atoms with Gasteiger partial charge in [0.15, 0.2) is 0 Å². The number of Topliss-reactive ketones (excluding diaryl/α,β-unsaturated/α-hetero) is 1. The van der Waals surface area contributed by atoms with E-state index < -0.39 is 0 Å². The second kappa shape index (κ2) is 22.7. The van der Waals surface area contributed by atoms with Crippen LogP contribution < -0.4 is 0 Å². The second-order valence-electron chi connectivity index (χ2n) is 8.04. The van der Waals surface area contributed by atoms with E-state index in [1.165, 1.54) is 89.9 Å². The first-order valence-corrected chi connectivity index (χ1v) is 11.8.